The van der Waals surface area contributed by atoms with Crippen molar-refractivity contribution in [1.29, 1.82) is 0 Å². The molecule has 0 aliphatic rings. The largest absolute Gasteiger partial charge is 0.494 e. The van der Waals surface area contributed by atoms with Gasteiger partial charge in [-0.05, 0) is 125 Å². The second kappa shape index (κ2) is 16.5. The molecule has 4 aromatic carbocycles. The van der Waals surface area contributed by atoms with E-state index >= 15 is 0 Å². The molecule has 244 valence electrons. The van der Waals surface area contributed by atoms with Gasteiger partial charge in [0, 0.05) is 24.6 Å². The summed E-state index contributed by atoms with van der Waals surface area (Å²) in [5.74, 6) is -0.652. The SMILES string of the molecule is O=C(O)CCCOc1cccc(CCCCCCOc2cc(-c3cccc(F)c3)cc(-c3ccc4[nH]ccc4c3)c2)c1CCC(=O)O. The van der Waals surface area contributed by atoms with E-state index in [2.05, 4.69) is 29.2 Å². The summed E-state index contributed by atoms with van der Waals surface area (Å²) in [7, 11) is 0. The van der Waals surface area contributed by atoms with Gasteiger partial charge in [0.2, 0.25) is 0 Å². The molecule has 0 amide bonds. The number of ether oxygens (including phenoxy) is 2. The molecule has 3 N–H and O–H groups in total. The molecule has 0 spiro atoms. The molecule has 0 aliphatic carbocycles. The number of aryl methyl sites for hydroxylation is 1. The number of hydrogen-bond donors (Lipinski definition) is 3. The Kier molecular flexibility index (Phi) is 11.6. The van der Waals surface area contributed by atoms with Gasteiger partial charge in [0.1, 0.15) is 17.3 Å². The minimum atomic E-state index is -0.869. The normalized spacial score (nSPS) is 11.1. The summed E-state index contributed by atoms with van der Waals surface area (Å²) in [4.78, 5) is 25.3. The van der Waals surface area contributed by atoms with Crippen molar-refractivity contribution in [2.45, 2.75) is 57.8 Å². The number of carboxylic acid groups (broad SMARTS) is 2. The first-order chi connectivity index (χ1) is 22.9. The summed E-state index contributed by atoms with van der Waals surface area (Å²) in [6, 6.07) is 26.7. The zero-order valence-corrected chi connectivity index (χ0v) is 26.3. The molecule has 1 aromatic heterocycles. The molecule has 0 radical (unpaired) electrons. The molecule has 0 saturated carbocycles. The summed E-state index contributed by atoms with van der Waals surface area (Å²) in [6.07, 6.45) is 7.25. The minimum Gasteiger partial charge on any atom is -0.494 e. The summed E-state index contributed by atoms with van der Waals surface area (Å²) in [6.45, 7) is 0.816. The van der Waals surface area contributed by atoms with Crippen molar-refractivity contribution >= 4 is 22.8 Å². The molecule has 7 nitrogen and oxygen atoms in total. The second-order valence-electron chi connectivity index (χ2n) is 11.7. The Balaban J connectivity index is 1.17. The van der Waals surface area contributed by atoms with Crippen LogP contribution in [0.3, 0.4) is 0 Å². The number of rotatable bonds is 18. The lowest BCUT2D eigenvalue weighted by Gasteiger charge is -2.15. The van der Waals surface area contributed by atoms with Crippen LogP contribution in [-0.4, -0.2) is 40.3 Å². The second-order valence-corrected chi connectivity index (χ2v) is 11.7. The number of nitrogens with one attached hydrogen (secondary N) is 1. The molecule has 0 unspecified atom stereocenters. The fraction of sp³-hybridized carbons (Fsp3) is 0.282. The van der Waals surface area contributed by atoms with E-state index in [0.717, 1.165) is 82.1 Å². The van der Waals surface area contributed by atoms with Crippen LogP contribution in [-0.2, 0) is 22.4 Å². The molecule has 1 heterocycles. The molecule has 5 aromatic rings. The van der Waals surface area contributed by atoms with Crippen LogP contribution >= 0.6 is 0 Å². The minimum absolute atomic E-state index is 0.00267. The average Bonchev–Trinajstić information content (AvgIpc) is 3.54. The van der Waals surface area contributed by atoms with Crippen LogP contribution in [0.25, 0.3) is 33.2 Å². The van der Waals surface area contributed by atoms with Gasteiger partial charge in [-0.2, -0.15) is 0 Å². The van der Waals surface area contributed by atoms with E-state index in [4.69, 9.17) is 14.6 Å². The van der Waals surface area contributed by atoms with E-state index in [0.29, 0.717) is 25.2 Å². The molecule has 0 bridgehead atoms. The average molecular weight is 638 g/mol. The molecule has 0 atom stereocenters. The Morgan fingerprint density at radius 1 is 0.660 bits per heavy atom. The van der Waals surface area contributed by atoms with Crippen LogP contribution in [0.1, 0.15) is 56.1 Å². The maximum atomic E-state index is 14.1. The molecular weight excluding hydrogens is 597 g/mol. The zero-order chi connectivity index (χ0) is 33.0. The van der Waals surface area contributed by atoms with E-state index in [-0.39, 0.29) is 25.3 Å². The number of carbonyl (C=O) groups is 2. The standard InChI is InChI=1S/C39H40FNO6/c40-33-11-5-10-28(24-33)31-23-32(29-14-16-36-30(22-29)18-19-41-36)26-34(25-31)46-20-4-2-1-3-8-27-9-6-12-37(35(27)15-17-39(44)45)47-21-7-13-38(42)43/h5-6,9-12,14,16,18-19,22-26,41H,1-4,7-8,13,15,17,20-21H2,(H,42,43)(H,44,45). The van der Waals surface area contributed by atoms with Crippen molar-refractivity contribution in [2.24, 2.45) is 0 Å². The van der Waals surface area contributed by atoms with Crippen molar-refractivity contribution in [3.05, 3.63) is 108 Å². The van der Waals surface area contributed by atoms with Gasteiger partial charge in [0.15, 0.2) is 0 Å². The van der Waals surface area contributed by atoms with Crippen molar-refractivity contribution in [2.75, 3.05) is 13.2 Å². The van der Waals surface area contributed by atoms with E-state index in [1.807, 2.05) is 48.7 Å². The summed E-state index contributed by atoms with van der Waals surface area (Å²) >= 11 is 0. The number of aromatic amines is 1. The Hall–Kier alpha value is -5.11. The smallest absolute Gasteiger partial charge is 0.303 e. The highest BCUT2D eigenvalue weighted by molar-refractivity contribution is 5.86. The van der Waals surface area contributed by atoms with Crippen molar-refractivity contribution in [3.63, 3.8) is 0 Å². The summed E-state index contributed by atoms with van der Waals surface area (Å²) in [5.41, 5.74) is 6.75. The van der Waals surface area contributed by atoms with Gasteiger partial charge in [0.25, 0.3) is 0 Å². The molecule has 8 heteroatoms. The Morgan fingerprint density at radius 3 is 2.19 bits per heavy atom. The highest BCUT2D eigenvalue weighted by Crippen LogP contribution is 2.33. The number of carboxylic acids is 2. The van der Waals surface area contributed by atoms with Gasteiger partial charge in [0.05, 0.1) is 13.2 Å². The third-order valence-corrected chi connectivity index (χ3v) is 8.17. The van der Waals surface area contributed by atoms with Gasteiger partial charge < -0.3 is 24.7 Å². The third-order valence-electron chi connectivity index (χ3n) is 8.17. The van der Waals surface area contributed by atoms with Crippen molar-refractivity contribution in [1.82, 2.24) is 4.98 Å². The number of unbranched alkanes of at least 4 members (excludes halogenated alkanes) is 3. The zero-order valence-electron chi connectivity index (χ0n) is 26.3. The maximum absolute atomic E-state index is 14.1. The van der Waals surface area contributed by atoms with Crippen LogP contribution < -0.4 is 9.47 Å². The fourth-order valence-corrected chi connectivity index (χ4v) is 5.78. The van der Waals surface area contributed by atoms with Gasteiger partial charge in [-0.3, -0.25) is 9.59 Å². The lowest BCUT2D eigenvalue weighted by atomic mass is 9.96. The van der Waals surface area contributed by atoms with E-state index < -0.39 is 11.9 Å². The monoisotopic (exact) mass is 637 g/mol. The fourth-order valence-electron chi connectivity index (χ4n) is 5.78. The maximum Gasteiger partial charge on any atom is 0.303 e. The van der Waals surface area contributed by atoms with E-state index in [1.165, 1.54) is 12.1 Å². The number of fused-ring (bicyclic) bond motifs is 1. The quantitative estimate of drug-likeness (QED) is 0.0827. The number of aliphatic carboxylic acids is 2. The highest BCUT2D eigenvalue weighted by Gasteiger charge is 2.13. The van der Waals surface area contributed by atoms with Crippen molar-refractivity contribution in [3.8, 4) is 33.8 Å². The summed E-state index contributed by atoms with van der Waals surface area (Å²) in [5, 5.41) is 19.3. The summed E-state index contributed by atoms with van der Waals surface area (Å²) < 4.78 is 26.2. The number of H-pyrrole nitrogens is 1. The van der Waals surface area contributed by atoms with Crippen LogP contribution in [0.4, 0.5) is 4.39 Å². The van der Waals surface area contributed by atoms with Gasteiger partial charge in [-0.15, -0.1) is 0 Å². The number of benzene rings is 4. The van der Waals surface area contributed by atoms with Gasteiger partial charge in [-0.25, -0.2) is 4.39 Å². The van der Waals surface area contributed by atoms with Gasteiger partial charge in [-0.1, -0.05) is 43.2 Å². The topological polar surface area (TPSA) is 109 Å². The van der Waals surface area contributed by atoms with E-state index in [9.17, 15) is 19.1 Å². The number of halogens is 1. The molecule has 0 saturated heterocycles. The third kappa shape index (κ3) is 9.69. The number of hydrogen-bond acceptors (Lipinski definition) is 4. The molecule has 5 rings (SSSR count). The lowest BCUT2D eigenvalue weighted by Crippen LogP contribution is -2.07. The molecule has 0 fully saturated rings. The number of aromatic nitrogens is 1. The van der Waals surface area contributed by atoms with Gasteiger partial charge >= 0.3 is 11.9 Å². The molecule has 0 aliphatic heterocycles. The predicted octanol–water partition coefficient (Wildman–Crippen LogP) is 9.08. The molecule has 47 heavy (non-hydrogen) atoms. The van der Waals surface area contributed by atoms with Crippen LogP contribution in [0.5, 0.6) is 11.5 Å². The first-order valence-electron chi connectivity index (χ1n) is 16.1. The van der Waals surface area contributed by atoms with E-state index in [1.54, 1.807) is 6.07 Å². The Bertz CT molecular complexity index is 1810. The Morgan fingerprint density at radius 2 is 1.40 bits per heavy atom. The molecular formula is C39H40FNO6. The van der Waals surface area contributed by atoms with Crippen LogP contribution in [0.2, 0.25) is 0 Å². The predicted molar refractivity (Wildman–Crippen MR) is 182 cm³/mol. The first kappa shape index (κ1) is 33.3. The first-order valence-corrected chi connectivity index (χ1v) is 16.1. The Labute approximate surface area is 274 Å². The van der Waals surface area contributed by atoms with Crippen LogP contribution in [0.15, 0.2) is 91.1 Å². The highest BCUT2D eigenvalue weighted by atomic mass is 19.1. The van der Waals surface area contributed by atoms with Crippen molar-refractivity contribution < 1.29 is 33.7 Å². The lowest BCUT2D eigenvalue weighted by molar-refractivity contribution is -0.138. The van der Waals surface area contributed by atoms with Crippen LogP contribution in [0, 0.1) is 5.82 Å².